The predicted molar refractivity (Wildman–Crippen MR) is 79.4 cm³/mol. The second-order valence-electron chi connectivity index (χ2n) is 6.05. The maximum atomic E-state index is 8.70. The van der Waals surface area contributed by atoms with Gasteiger partial charge in [0.05, 0.1) is 0 Å². The summed E-state index contributed by atoms with van der Waals surface area (Å²) in [4.78, 5) is 0. The number of rotatable bonds is 7. The van der Waals surface area contributed by atoms with Crippen LogP contribution >= 0.6 is 11.8 Å². The smallest absolute Gasteiger partial charge is 0.144 e. The van der Waals surface area contributed by atoms with Gasteiger partial charge in [-0.1, -0.05) is 19.0 Å². The first kappa shape index (κ1) is 15.6. The molecule has 1 saturated heterocycles. The van der Waals surface area contributed by atoms with Crippen LogP contribution in [0.5, 0.6) is 0 Å². The topological polar surface area (TPSA) is 70.6 Å². The van der Waals surface area contributed by atoms with Gasteiger partial charge >= 0.3 is 0 Å². The molecule has 18 heavy (non-hydrogen) atoms. The van der Waals surface area contributed by atoms with E-state index in [1.165, 1.54) is 18.6 Å². The zero-order valence-corrected chi connectivity index (χ0v) is 12.6. The van der Waals surface area contributed by atoms with Gasteiger partial charge in [0, 0.05) is 16.7 Å². The molecule has 106 valence electrons. The molecule has 0 saturated carbocycles. The lowest BCUT2D eigenvalue weighted by Gasteiger charge is -2.25. The van der Waals surface area contributed by atoms with Crippen molar-refractivity contribution < 1.29 is 5.21 Å². The number of hydrogen-bond acceptors (Lipinski definition) is 4. The summed E-state index contributed by atoms with van der Waals surface area (Å²) in [5, 5.41) is 15.3. The zero-order chi connectivity index (χ0) is 13.6. The van der Waals surface area contributed by atoms with Gasteiger partial charge in [-0.25, -0.2) is 0 Å². The molecule has 0 aromatic carbocycles. The predicted octanol–water partition coefficient (Wildman–Crippen LogP) is 2.41. The number of nitrogens with zero attached hydrogens (tertiary/aromatic N) is 1. The number of oxime groups is 1. The minimum absolute atomic E-state index is 0.220. The third-order valence-electron chi connectivity index (χ3n) is 3.76. The summed E-state index contributed by atoms with van der Waals surface area (Å²) >= 11 is 2.08. The van der Waals surface area contributed by atoms with Crippen LogP contribution in [0.2, 0.25) is 0 Å². The minimum Gasteiger partial charge on any atom is -0.409 e. The Kier molecular flexibility index (Phi) is 5.79. The Labute approximate surface area is 115 Å². The van der Waals surface area contributed by atoms with E-state index >= 15 is 0 Å². The average Bonchev–Trinajstić information content (AvgIpc) is 2.74. The standard InChI is InChI=1S/C13H27N3OS/c1-12(2,11(14)16-17)6-4-8-15-10-13(3)7-5-9-18-13/h15,17H,4-10H2,1-3H3,(H2,14,16). The highest BCUT2D eigenvalue weighted by atomic mass is 32.2. The fraction of sp³-hybridized carbons (Fsp3) is 0.923. The van der Waals surface area contributed by atoms with Gasteiger partial charge in [-0.3, -0.25) is 0 Å². The van der Waals surface area contributed by atoms with Crippen LogP contribution < -0.4 is 11.1 Å². The Morgan fingerprint density at radius 3 is 2.83 bits per heavy atom. The molecular formula is C13H27N3OS. The van der Waals surface area contributed by atoms with E-state index in [0.29, 0.717) is 10.6 Å². The van der Waals surface area contributed by atoms with Crippen LogP contribution in [0, 0.1) is 5.41 Å². The number of nitrogens with two attached hydrogens (primary N) is 1. The van der Waals surface area contributed by atoms with Crippen LogP contribution in [0.3, 0.4) is 0 Å². The van der Waals surface area contributed by atoms with E-state index in [1.54, 1.807) is 0 Å². The minimum atomic E-state index is -0.220. The molecular weight excluding hydrogens is 246 g/mol. The van der Waals surface area contributed by atoms with Crippen molar-refractivity contribution in [2.45, 2.75) is 51.2 Å². The maximum Gasteiger partial charge on any atom is 0.144 e. The second kappa shape index (κ2) is 6.66. The largest absolute Gasteiger partial charge is 0.409 e. The lowest BCUT2D eigenvalue weighted by Crippen LogP contribution is -2.35. The molecule has 1 aliphatic rings. The maximum absolute atomic E-state index is 8.70. The molecule has 0 aromatic rings. The number of amidine groups is 1. The van der Waals surface area contributed by atoms with Crippen molar-refractivity contribution in [1.29, 1.82) is 0 Å². The monoisotopic (exact) mass is 273 g/mol. The van der Waals surface area contributed by atoms with Crippen LogP contribution in [-0.2, 0) is 0 Å². The highest BCUT2D eigenvalue weighted by Gasteiger charge is 2.28. The Balaban J connectivity index is 2.15. The van der Waals surface area contributed by atoms with E-state index in [4.69, 9.17) is 10.9 Å². The van der Waals surface area contributed by atoms with Gasteiger partial charge in [-0.15, -0.1) is 0 Å². The van der Waals surface area contributed by atoms with Crippen molar-refractivity contribution in [2.24, 2.45) is 16.3 Å². The molecule has 5 heteroatoms. The van der Waals surface area contributed by atoms with E-state index in [9.17, 15) is 0 Å². The van der Waals surface area contributed by atoms with Crippen molar-refractivity contribution in [2.75, 3.05) is 18.8 Å². The van der Waals surface area contributed by atoms with Crippen LogP contribution in [0.15, 0.2) is 5.16 Å². The molecule has 1 rings (SSSR count). The van der Waals surface area contributed by atoms with Crippen molar-refractivity contribution in [3.8, 4) is 0 Å². The van der Waals surface area contributed by atoms with E-state index < -0.39 is 0 Å². The molecule has 0 aliphatic carbocycles. The molecule has 0 aromatic heterocycles. The number of hydrogen-bond donors (Lipinski definition) is 3. The molecule has 0 amide bonds. The molecule has 0 spiro atoms. The van der Waals surface area contributed by atoms with Gasteiger partial charge in [0.1, 0.15) is 5.84 Å². The van der Waals surface area contributed by atoms with Crippen LogP contribution in [0.4, 0.5) is 0 Å². The molecule has 1 aliphatic heterocycles. The number of nitrogens with one attached hydrogen (secondary N) is 1. The second-order valence-corrected chi connectivity index (χ2v) is 7.73. The molecule has 1 heterocycles. The van der Waals surface area contributed by atoms with Crippen molar-refractivity contribution >= 4 is 17.6 Å². The SMILES string of the molecule is CC1(CNCCCC(C)(C)C(N)=NO)CCCS1. The van der Waals surface area contributed by atoms with Gasteiger partial charge in [-0.05, 0) is 44.9 Å². The Hall–Kier alpha value is -0.420. The Morgan fingerprint density at radius 2 is 2.28 bits per heavy atom. The summed E-state index contributed by atoms with van der Waals surface area (Å²) < 4.78 is 0.432. The molecule has 4 nitrogen and oxygen atoms in total. The summed E-state index contributed by atoms with van der Waals surface area (Å²) in [6.07, 6.45) is 4.64. The van der Waals surface area contributed by atoms with Gasteiger partial charge in [0.25, 0.3) is 0 Å². The molecule has 4 N–H and O–H groups in total. The van der Waals surface area contributed by atoms with E-state index in [0.717, 1.165) is 25.9 Å². The zero-order valence-electron chi connectivity index (χ0n) is 11.8. The first-order chi connectivity index (χ1) is 8.40. The third kappa shape index (κ3) is 4.69. The first-order valence-corrected chi connectivity index (χ1v) is 7.71. The molecule has 1 fully saturated rings. The quantitative estimate of drug-likeness (QED) is 0.219. The van der Waals surface area contributed by atoms with Gasteiger partial charge in [-0.2, -0.15) is 11.8 Å². The fourth-order valence-electron chi connectivity index (χ4n) is 2.25. The summed E-state index contributed by atoms with van der Waals surface area (Å²) in [7, 11) is 0. The average molecular weight is 273 g/mol. The van der Waals surface area contributed by atoms with Gasteiger partial charge < -0.3 is 16.3 Å². The fourth-order valence-corrected chi connectivity index (χ4v) is 3.52. The summed E-state index contributed by atoms with van der Waals surface area (Å²) in [6, 6.07) is 0. The normalized spacial score (nSPS) is 25.6. The Bertz CT molecular complexity index is 286. The molecule has 0 bridgehead atoms. The van der Waals surface area contributed by atoms with Crippen LogP contribution in [0.25, 0.3) is 0 Å². The highest BCUT2D eigenvalue weighted by molar-refractivity contribution is 8.00. The van der Waals surface area contributed by atoms with Crippen LogP contribution in [-0.4, -0.2) is 34.6 Å². The molecule has 1 atom stereocenters. The summed E-state index contributed by atoms with van der Waals surface area (Å²) in [5.74, 6) is 1.62. The Morgan fingerprint density at radius 1 is 1.56 bits per heavy atom. The number of thioether (sulfide) groups is 1. The van der Waals surface area contributed by atoms with Crippen molar-refractivity contribution in [3.63, 3.8) is 0 Å². The summed E-state index contributed by atoms with van der Waals surface area (Å²) in [6.45, 7) is 8.45. The van der Waals surface area contributed by atoms with Gasteiger partial charge in [0.15, 0.2) is 0 Å². The molecule has 1 unspecified atom stereocenters. The highest BCUT2D eigenvalue weighted by Crippen LogP contribution is 2.36. The van der Waals surface area contributed by atoms with Crippen molar-refractivity contribution in [3.05, 3.63) is 0 Å². The third-order valence-corrected chi connectivity index (χ3v) is 5.29. The van der Waals surface area contributed by atoms with E-state index in [2.05, 4.69) is 29.2 Å². The van der Waals surface area contributed by atoms with Crippen LogP contribution in [0.1, 0.15) is 46.5 Å². The van der Waals surface area contributed by atoms with E-state index in [-0.39, 0.29) is 5.41 Å². The first-order valence-electron chi connectivity index (χ1n) is 6.72. The van der Waals surface area contributed by atoms with Gasteiger partial charge in [0.2, 0.25) is 0 Å². The lowest BCUT2D eigenvalue weighted by atomic mass is 9.86. The lowest BCUT2D eigenvalue weighted by molar-refractivity contribution is 0.304. The summed E-state index contributed by atoms with van der Waals surface area (Å²) in [5.41, 5.74) is 5.44. The van der Waals surface area contributed by atoms with Crippen molar-refractivity contribution in [1.82, 2.24) is 5.32 Å². The molecule has 0 radical (unpaired) electrons. The van der Waals surface area contributed by atoms with E-state index in [1.807, 2.05) is 13.8 Å².